The Morgan fingerprint density at radius 3 is 1.85 bits per heavy atom. The monoisotopic (exact) mass is 536 g/mol. The Kier molecular flexibility index (Phi) is 20.4. The highest BCUT2D eigenvalue weighted by atomic mass is 16.5. The van der Waals surface area contributed by atoms with Gasteiger partial charge in [0.15, 0.2) is 0 Å². The molecule has 0 saturated carbocycles. The van der Waals surface area contributed by atoms with E-state index in [1.165, 1.54) is 13.2 Å². The molecular weight excluding hydrogens is 488 g/mol. The van der Waals surface area contributed by atoms with Gasteiger partial charge in [-0.05, 0) is 64.2 Å². The summed E-state index contributed by atoms with van der Waals surface area (Å²) in [4.78, 5) is 37.7. The molecule has 0 spiro atoms. The Hall–Kier alpha value is -3.41. The quantitative estimate of drug-likeness (QED) is 0.120. The molecule has 0 aromatic rings. The van der Waals surface area contributed by atoms with Crippen molar-refractivity contribution in [3.8, 4) is 0 Å². The lowest BCUT2D eigenvalue weighted by Gasteiger charge is -2.35. The zero-order valence-electron chi connectivity index (χ0n) is 23.9. The summed E-state index contributed by atoms with van der Waals surface area (Å²) in [6.07, 6.45) is 38.1. The van der Waals surface area contributed by atoms with Crippen LogP contribution in [-0.2, 0) is 19.1 Å². The number of nitrogens with one attached hydrogen (secondary N) is 1. The van der Waals surface area contributed by atoms with Crippen molar-refractivity contribution < 1.29 is 19.1 Å². The minimum Gasteiger partial charge on any atom is -0.466 e. The van der Waals surface area contributed by atoms with Crippen LogP contribution in [0.2, 0.25) is 0 Å². The van der Waals surface area contributed by atoms with Gasteiger partial charge in [0.2, 0.25) is 11.8 Å². The van der Waals surface area contributed by atoms with Crippen LogP contribution < -0.4 is 5.32 Å². The highest BCUT2D eigenvalue weighted by Gasteiger charge is 2.25. The van der Waals surface area contributed by atoms with Gasteiger partial charge in [-0.1, -0.05) is 79.8 Å². The Bertz CT molecular complexity index is 909. The molecule has 0 bridgehead atoms. The van der Waals surface area contributed by atoms with Gasteiger partial charge in [0.1, 0.15) is 0 Å². The van der Waals surface area contributed by atoms with Gasteiger partial charge in [-0.15, -0.1) is 0 Å². The standard InChI is InChI=1S/C33H48N2O4/c1-3-4-5-6-7-8-9-10-11-12-13-14-15-16-17-18-19-20-21-25-31(36)34-29-30-24-22-23-28-35(30)32(37)26-27-33(38)39-2/h4-5,7-8,10-11,13-14,16-17,19-20,26-27,30H,3,6,9,12,15,18,21-25,28-29H2,1-2H3,(H,34,36)/b5-4-,8-7-,11-10-,14-13-,17-16-,20-19-,27-26?. The zero-order valence-corrected chi connectivity index (χ0v) is 23.9. The largest absolute Gasteiger partial charge is 0.466 e. The van der Waals surface area contributed by atoms with Gasteiger partial charge in [0.25, 0.3) is 0 Å². The number of rotatable bonds is 18. The Morgan fingerprint density at radius 2 is 1.31 bits per heavy atom. The molecule has 0 aliphatic carbocycles. The van der Waals surface area contributed by atoms with E-state index in [1.807, 2.05) is 6.08 Å². The third-order valence-corrected chi connectivity index (χ3v) is 6.14. The first-order valence-corrected chi connectivity index (χ1v) is 14.3. The lowest BCUT2D eigenvalue weighted by Crippen LogP contribution is -2.49. The minimum atomic E-state index is -0.556. The first kappa shape index (κ1) is 33.6. The molecule has 0 aromatic heterocycles. The summed E-state index contributed by atoms with van der Waals surface area (Å²) in [5.41, 5.74) is 0. The van der Waals surface area contributed by atoms with Crippen LogP contribution in [0.4, 0.5) is 0 Å². The number of ether oxygens (including phenoxy) is 1. The molecule has 1 aliphatic rings. The fraction of sp³-hybridized carbons (Fsp3) is 0.485. The van der Waals surface area contributed by atoms with E-state index in [4.69, 9.17) is 0 Å². The number of amides is 2. The number of piperidine rings is 1. The Morgan fingerprint density at radius 1 is 0.769 bits per heavy atom. The summed E-state index contributed by atoms with van der Waals surface area (Å²) in [6.45, 7) is 3.21. The van der Waals surface area contributed by atoms with E-state index in [0.29, 0.717) is 25.9 Å². The predicted molar refractivity (Wildman–Crippen MR) is 161 cm³/mol. The number of methoxy groups -OCH3 is 1. The van der Waals surface area contributed by atoms with Crippen molar-refractivity contribution in [2.24, 2.45) is 0 Å². The first-order valence-electron chi connectivity index (χ1n) is 14.3. The SMILES string of the molecule is CC/C=C\C/C=C\C/C=C\C/C=C\C/C=C\C/C=C\CCC(=O)NCC1CCCCN1C(=O)C=CC(=O)OC. The molecule has 1 N–H and O–H groups in total. The molecule has 214 valence electrons. The maximum atomic E-state index is 12.4. The number of hydrogen-bond donors (Lipinski definition) is 1. The van der Waals surface area contributed by atoms with Gasteiger partial charge in [-0.2, -0.15) is 0 Å². The van der Waals surface area contributed by atoms with E-state index in [9.17, 15) is 14.4 Å². The van der Waals surface area contributed by atoms with Gasteiger partial charge < -0.3 is 15.0 Å². The number of nitrogens with zero attached hydrogens (tertiary/aromatic N) is 1. The van der Waals surface area contributed by atoms with Crippen molar-refractivity contribution in [1.82, 2.24) is 10.2 Å². The second kappa shape index (κ2) is 23.7. The third-order valence-electron chi connectivity index (χ3n) is 6.14. The third kappa shape index (κ3) is 18.5. The van der Waals surface area contributed by atoms with Crippen molar-refractivity contribution >= 4 is 17.8 Å². The molecule has 1 heterocycles. The lowest BCUT2D eigenvalue weighted by atomic mass is 10.0. The molecule has 1 rings (SSSR count). The van der Waals surface area contributed by atoms with Crippen molar-refractivity contribution in [3.05, 3.63) is 85.1 Å². The highest BCUT2D eigenvalue weighted by Crippen LogP contribution is 2.17. The van der Waals surface area contributed by atoms with E-state index in [0.717, 1.165) is 63.9 Å². The highest BCUT2D eigenvalue weighted by molar-refractivity contribution is 5.94. The van der Waals surface area contributed by atoms with E-state index < -0.39 is 5.97 Å². The topological polar surface area (TPSA) is 75.7 Å². The first-order chi connectivity index (χ1) is 19.1. The van der Waals surface area contributed by atoms with E-state index >= 15 is 0 Å². The van der Waals surface area contributed by atoms with Crippen molar-refractivity contribution in [2.45, 2.75) is 83.6 Å². The van der Waals surface area contributed by atoms with Crippen LogP contribution in [0.25, 0.3) is 0 Å². The van der Waals surface area contributed by atoms with Crippen LogP contribution in [0.3, 0.4) is 0 Å². The number of likely N-dealkylation sites (tertiary alicyclic amines) is 1. The van der Waals surface area contributed by atoms with Crippen LogP contribution in [0.1, 0.15) is 77.6 Å². The molecule has 1 atom stereocenters. The van der Waals surface area contributed by atoms with Gasteiger partial charge >= 0.3 is 5.97 Å². The number of allylic oxidation sites excluding steroid dienone is 12. The number of esters is 1. The molecule has 6 heteroatoms. The van der Waals surface area contributed by atoms with Crippen molar-refractivity contribution in [3.63, 3.8) is 0 Å². The summed E-state index contributed by atoms with van der Waals surface area (Å²) < 4.78 is 4.54. The summed E-state index contributed by atoms with van der Waals surface area (Å²) in [5, 5.41) is 2.96. The van der Waals surface area contributed by atoms with Gasteiger partial charge in [-0.25, -0.2) is 4.79 Å². The molecule has 1 fully saturated rings. The summed E-state index contributed by atoms with van der Waals surface area (Å²) in [6, 6.07) is -0.0524. The summed E-state index contributed by atoms with van der Waals surface area (Å²) >= 11 is 0. The molecule has 39 heavy (non-hydrogen) atoms. The Balaban J connectivity index is 2.14. The second-order valence-corrected chi connectivity index (χ2v) is 9.30. The average molecular weight is 537 g/mol. The Labute approximate surface area is 235 Å². The fourth-order valence-corrected chi connectivity index (χ4v) is 3.98. The summed E-state index contributed by atoms with van der Waals surface area (Å²) in [5.74, 6) is -0.797. The van der Waals surface area contributed by atoms with Crippen LogP contribution in [0, 0.1) is 0 Å². The van der Waals surface area contributed by atoms with Crippen LogP contribution in [0.5, 0.6) is 0 Å². The molecule has 1 unspecified atom stereocenters. The molecule has 1 saturated heterocycles. The van der Waals surface area contributed by atoms with Gasteiger partial charge in [-0.3, -0.25) is 9.59 Å². The van der Waals surface area contributed by atoms with Crippen LogP contribution >= 0.6 is 0 Å². The lowest BCUT2D eigenvalue weighted by molar-refractivity contribution is -0.135. The molecule has 6 nitrogen and oxygen atoms in total. The number of hydrogen-bond acceptors (Lipinski definition) is 4. The molecule has 0 aromatic carbocycles. The zero-order chi connectivity index (χ0) is 28.4. The van der Waals surface area contributed by atoms with Crippen molar-refractivity contribution in [1.29, 1.82) is 0 Å². The van der Waals surface area contributed by atoms with E-state index in [2.05, 4.69) is 83.8 Å². The second-order valence-electron chi connectivity index (χ2n) is 9.30. The van der Waals surface area contributed by atoms with Gasteiger partial charge in [0.05, 0.1) is 7.11 Å². The van der Waals surface area contributed by atoms with E-state index in [1.54, 1.807) is 4.90 Å². The number of carbonyl (C=O) groups is 3. The predicted octanol–water partition coefficient (Wildman–Crippen LogP) is 6.69. The maximum Gasteiger partial charge on any atom is 0.330 e. The van der Waals surface area contributed by atoms with Crippen LogP contribution in [-0.4, -0.2) is 48.9 Å². The molecule has 0 radical (unpaired) electrons. The van der Waals surface area contributed by atoms with E-state index in [-0.39, 0.29) is 17.9 Å². The fourth-order valence-electron chi connectivity index (χ4n) is 3.98. The molecular formula is C33H48N2O4. The maximum absolute atomic E-state index is 12.4. The molecule has 1 aliphatic heterocycles. The average Bonchev–Trinajstić information content (AvgIpc) is 2.95. The van der Waals surface area contributed by atoms with Crippen molar-refractivity contribution in [2.75, 3.05) is 20.2 Å². The smallest absolute Gasteiger partial charge is 0.330 e. The van der Waals surface area contributed by atoms with Crippen LogP contribution in [0.15, 0.2) is 85.1 Å². The normalized spacial score (nSPS) is 16.8. The molecule has 2 amide bonds. The number of carbonyl (C=O) groups excluding carboxylic acids is 3. The van der Waals surface area contributed by atoms with Gasteiger partial charge in [0, 0.05) is 37.7 Å². The summed E-state index contributed by atoms with van der Waals surface area (Å²) in [7, 11) is 1.27. The minimum absolute atomic E-state index is 0.0161.